The number of nitrogens with zero attached hydrogens (tertiary/aromatic N) is 4. The zero-order chi connectivity index (χ0) is 14.9. The number of aromatic carboxylic acids is 1. The molecule has 0 atom stereocenters. The van der Waals surface area contributed by atoms with Crippen LogP contribution in [0.25, 0.3) is 0 Å². The van der Waals surface area contributed by atoms with Crippen molar-refractivity contribution in [1.29, 1.82) is 0 Å². The van der Waals surface area contributed by atoms with Crippen LogP contribution in [0, 0.1) is 6.92 Å². The summed E-state index contributed by atoms with van der Waals surface area (Å²) in [5.41, 5.74) is 1.10. The van der Waals surface area contributed by atoms with E-state index in [-0.39, 0.29) is 11.3 Å². The Morgan fingerprint density at radius 3 is 2.70 bits per heavy atom. The minimum absolute atomic E-state index is 0.0173. The summed E-state index contributed by atoms with van der Waals surface area (Å²) in [5.74, 6) is -1.76. The summed E-state index contributed by atoms with van der Waals surface area (Å²) in [4.78, 5) is 23.2. The van der Waals surface area contributed by atoms with Crippen LogP contribution in [-0.2, 0) is 13.6 Å². The van der Waals surface area contributed by atoms with Crippen LogP contribution in [0.1, 0.15) is 33.5 Å². The van der Waals surface area contributed by atoms with E-state index < -0.39 is 11.9 Å². The van der Waals surface area contributed by atoms with Gasteiger partial charge in [0.1, 0.15) is 0 Å². The lowest BCUT2D eigenvalue weighted by atomic mass is 10.2. The molecule has 0 bridgehead atoms. The molecule has 0 saturated heterocycles. The largest absolute Gasteiger partial charge is 0.476 e. The fraction of sp³-hybridized carbons (Fsp3) is 0.333. The summed E-state index contributed by atoms with van der Waals surface area (Å²) < 4.78 is 3.03. The molecule has 20 heavy (non-hydrogen) atoms. The highest BCUT2D eigenvalue weighted by atomic mass is 16.4. The number of hydrogen-bond acceptors (Lipinski definition) is 4. The van der Waals surface area contributed by atoms with E-state index in [1.54, 1.807) is 11.7 Å². The quantitative estimate of drug-likeness (QED) is 0.864. The summed E-state index contributed by atoms with van der Waals surface area (Å²) >= 11 is 0. The van der Waals surface area contributed by atoms with E-state index in [9.17, 15) is 9.59 Å². The van der Waals surface area contributed by atoms with Crippen molar-refractivity contribution in [1.82, 2.24) is 19.6 Å². The second kappa shape index (κ2) is 5.16. The number of aryl methyl sites for hydroxylation is 2. The molecule has 0 aromatic carbocycles. The third kappa shape index (κ3) is 2.40. The molecule has 0 spiro atoms. The van der Waals surface area contributed by atoms with Crippen molar-refractivity contribution in [3.8, 4) is 0 Å². The normalized spacial score (nSPS) is 10.6. The van der Waals surface area contributed by atoms with Crippen LogP contribution in [0.3, 0.4) is 0 Å². The second-order valence-corrected chi connectivity index (χ2v) is 4.28. The first kappa shape index (κ1) is 13.8. The van der Waals surface area contributed by atoms with Crippen molar-refractivity contribution < 1.29 is 14.7 Å². The van der Waals surface area contributed by atoms with Gasteiger partial charge in [-0.25, -0.2) is 4.79 Å². The van der Waals surface area contributed by atoms with Crippen LogP contribution in [0.15, 0.2) is 12.4 Å². The molecule has 2 aromatic heterocycles. The first-order valence-corrected chi connectivity index (χ1v) is 6.04. The molecule has 0 aliphatic heterocycles. The van der Waals surface area contributed by atoms with Gasteiger partial charge in [0.2, 0.25) is 0 Å². The molecule has 0 aliphatic rings. The van der Waals surface area contributed by atoms with Gasteiger partial charge in [0.05, 0.1) is 23.1 Å². The minimum Gasteiger partial charge on any atom is -0.476 e. The van der Waals surface area contributed by atoms with Crippen LogP contribution in [0.2, 0.25) is 0 Å². The van der Waals surface area contributed by atoms with Crippen molar-refractivity contribution in [3.05, 3.63) is 29.3 Å². The maximum atomic E-state index is 12.1. The lowest BCUT2D eigenvalue weighted by molar-refractivity contribution is 0.0685. The maximum absolute atomic E-state index is 12.1. The molecule has 8 nitrogen and oxygen atoms in total. The highest BCUT2D eigenvalue weighted by Gasteiger charge is 2.21. The van der Waals surface area contributed by atoms with E-state index in [0.29, 0.717) is 12.2 Å². The first-order chi connectivity index (χ1) is 9.43. The third-order valence-corrected chi connectivity index (χ3v) is 2.93. The van der Waals surface area contributed by atoms with Gasteiger partial charge in [0.15, 0.2) is 5.69 Å². The fourth-order valence-corrected chi connectivity index (χ4v) is 1.89. The summed E-state index contributed by atoms with van der Waals surface area (Å²) in [6, 6.07) is 0. The molecule has 2 heterocycles. The minimum atomic E-state index is -1.24. The third-order valence-electron chi connectivity index (χ3n) is 2.93. The van der Waals surface area contributed by atoms with Gasteiger partial charge in [-0.1, -0.05) is 0 Å². The van der Waals surface area contributed by atoms with Gasteiger partial charge in [-0.05, 0) is 13.8 Å². The average molecular weight is 277 g/mol. The number of nitrogens with one attached hydrogen (secondary N) is 1. The lowest BCUT2D eigenvalue weighted by Crippen LogP contribution is -2.15. The molecule has 8 heteroatoms. The Hall–Kier alpha value is -2.64. The first-order valence-electron chi connectivity index (χ1n) is 6.04. The van der Waals surface area contributed by atoms with Gasteiger partial charge < -0.3 is 10.4 Å². The topological polar surface area (TPSA) is 102 Å². The molecular weight excluding hydrogens is 262 g/mol. The van der Waals surface area contributed by atoms with Gasteiger partial charge in [0, 0.05) is 19.8 Å². The molecule has 106 valence electrons. The predicted octanol–water partition coefficient (Wildman–Crippen LogP) is 0.895. The summed E-state index contributed by atoms with van der Waals surface area (Å²) in [7, 11) is 1.56. The van der Waals surface area contributed by atoms with E-state index in [4.69, 9.17) is 5.11 Å². The predicted molar refractivity (Wildman–Crippen MR) is 70.8 cm³/mol. The van der Waals surface area contributed by atoms with Crippen LogP contribution < -0.4 is 5.32 Å². The fourth-order valence-electron chi connectivity index (χ4n) is 1.89. The highest BCUT2D eigenvalue weighted by molar-refractivity contribution is 6.09. The second-order valence-electron chi connectivity index (χ2n) is 4.28. The number of rotatable bonds is 4. The standard InChI is InChI=1S/C12H15N5O3/c1-4-17-7(2)9(5-13-17)14-11(18)8-6-16(3)15-10(8)12(19)20/h5-6H,4H2,1-3H3,(H,14,18)(H,19,20). The Balaban J connectivity index is 2.28. The lowest BCUT2D eigenvalue weighted by Gasteiger charge is -2.04. The van der Waals surface area contributed by atoms with E-state index >= 15 is 0 Å². The average Bonchev–Trinajstić information content (AvgIpc) is 2.94. The molecule has 0 radical (unpaired) electrons. The number of carbonyl (C=O) groups excluding carboxylic acids is 1. The molecule has 0 fully saturated rings. The molecule has 2 aromatic rings. The summed E-state index contributed by atoms with van der Waals surface area (Å²) in [6.45, 7) is 4.46. The number of anilines is 1. The molecule has 1 amide bonds. The van der Waals surface area contributed by atoms with E-state index in [1.807, 2.05) is 13.8 Å². The SMILES string of the molecule is CCn1ncc(NC(=O)c2cn(C)nc2C(=O)O)c1C. The van der Waals surface area contributed by atoms with Crippen molar-refractivity contribution in [2.45, 2.75) is 20.4 Å². The molecule has 0 saturated carbocycles. The Labute approximate surface area is 115 Å². The van der Waals surface area contributed by atoms with Gasteiger partial charge >= 0.3 is 5.97 Å². The van der Waals surface area contributed by atoms with Crippen LogP contribution in [0.5, 0.6) is 0 Å². The van der Waals surface area contributed by atoms with E-state index in [2.05, 4.69) is 15.5 Å². The Kier molecular flexibility index (Phi) is 3.55. The number of carboxylic acid groups (broad SMARTS) is 1. The molecule has 2 rings (SSSR count). The van der Waals surface area contributed by atoms with Crippen LogP contribution in [0.4, 0.5) is 5.69 Å². The molecular formula is C12H15N5O3. The summed E-state index contributed by atoms with van der Waals surface area (Å²) in [5, 5.41) is 19.5. The van der Waals surface area contributed by atoms with Crippen molar-refractivity contribution in [2.75, 3.05) is 5.32 Å². The molecule has 0 aliphatic carbocycles. The number of carboxylic acids is 1. The number of carbonyl (C=O) groups is 2. The number of amides is 1. The van der Waals surface area contributed by atoms with E-state index in [0.717, 1.165) is 5.69 Å². The Bertz CT molecular complexity index is 671. The monoisotopic (exact) mass is 277 g/mol. The maximum Gasteiger partial charge on any atom is 0.357 e. The van der Waals surface area contributed by atoms with Gasteiger partial charge in [-0.15, -0.1) is 0 Å². The number of aromatic nitrogens is 4. The molecule has 2 N–H and O–H groups in total. The smallest absolute Gasteiger partial charge is 0.357 e. The van der Waals surface area contributed by atoms with Crippen LogP contribution >= 0.6 is 0 Å². The van der Waals surface area contributed by atoms with Crippen molar-refractivity contribution in [2.24, 2.45) is 7.05 Å². The van der Waals surface area contributed by atoms with Gasteiger partial charge in [-0.2, -0.15) is 10.2 Å². The number of hydrogen-bond donors (Lipinski definition) is 2. The van der Waals surface area contributed by atoms with Crippen molar-refractivity contribution in [3.63, 3.8) is 0 Å². The van der Waals surface area contributed by atoms with Crippen molar-refractivity contribution >= 4 is 17.6 Å². The van der Waals surface area contributed by atoms with Gasteiger partial charge in [0.25, 0.3) is 5.91 Å². The zero-order valence-corrected chi connectivity index (χ0v) is 11.4. The van der Waals surface area contributed by atoms with Crippen LogP contribution in [-0.4, -0.2) is 36.5 Å². The molecule has 0 unspecified atom stereocenters. The summed E-state index contributed by atoms with van der Waals surface area (Å²) in [6.07, 6.45) is 2.91. The zero-order valence-electron chi connectivity index (χ0n) is 11.4. The Morgan fingerprint density at radius 1 is 1.45 bits per heavy atom. The van der Waals surface area contributed by atoms with E-state index in [1.165, 1.54) is 17.1 Å². The van der Waals surface area contributed by atoms with Gasteiger partial charge in [-0.3, -0.25) is 14.2 Å². The highest BCUT2D eigenvalue weighted by Crippen LogP contribution is 2.16. The Morgan fingerprint density at radius 2 is 2.15 bits per heavy atom.